The van der Waals surface area contributed by atoms with E-state index in [1.54, 1.807) is 6.08 Å². The molecule has 4 nitrogen and oxygen atoms in total. The molecule has 0 rings (SSSR count). The zero-order valence-electron chi connectivity index (χ0n) is 45.2. The first-order valence-electron chi connectivity index (χ1n) is 30.6. The average molecular weight is 929 g/mol. The molecule has 0 aromatic rings. The van der Waals surface area contributed by atoms with Crippen LogP contribution in [0.15, 0.2) is 24.3 Å². The SMILES string of the molecule is CCCCCCCCCC/C=C\CCCCCCCCCCCCCCCCCC(=O)NC(CO)C(O)/C=C/CCCCCCCCCCCCCCCCCCCCCCCCCCC. The van der Waals surface area contributed by atoms with Crippen LogP contribution >= 0.6 is 0 Å². The zero-order chi connectivity index (χ0) is 47.7. The average Bonchev–Trinajstić information content (AvgIpc) is 3.32. The Hall–Kier alpha value is -1.13. The number of hydrogen-bond donors (Lipinski definition) is 3. The number of nitrogens with one attached hydrogen (secondary N) is 1. The molecule has 0 bridgehead atoms. The first-order valence-corrected chi connectivity index (χ1v) is 30.6. The topological polar surface area (TPSA) is 69.6 Å². The zero-order valence-corrected chi connectivity index (χ0v) is 45.2. The molecule has 0 aliphatic rings. The molecule has 2 atom stereocenters. The van der Waals surface area contributed by atoms with Gasteiger partial charge in [-0.2, -0.15) is 0 Å². The number of rotatable bonds is 57. The van der Waals surface area contributed by atoms with Crippen LogP contribution in [0.5, 0.6) is 0 Å². The summed E-state index contributed by atoms with van der Waals surface area (Å²) in [4.78, 5) is 12.5. The normalized spacial score (nSPS) is 12.8. The van der Waals surface area contributed by atoms with E-state index < -0.39 is 12.1 Å². The van der Waals surface area contributed by atoms with E-state index >= 15 is 0 Å². The molecule has 2 unspecified atom stereocenters. The Labute approximate surface area is 415 Å². The highest BCUT2D eigenvalue weighted by Gasteiger charge is 2.18. The first kappa shape index (κ1) is 64.9. The van der Waals surface area contributed by atoms with Gasteiger partial charge in [0.2, 0.25) is 5.91 Å². The fraction of sp³-hybridized carbons (Fsp3) is 0.919. The highest BCUT2D eigenvalue weighted by molar-refractivity contribution is 5.76. The predicted octanol–water partition coefficient (Wildman–Crippen LogP) is 20.3. The van der Waals surface area contributed by atoms with E-state index in [9.17, 15) is 15.0 Å². The van der Waals surface area contributed by atoms with Crippen molar-refractivity contribution < 1.29 is 15.0 Å². The van der Waals surface area contributed by atoms with Gasteiger partial charge in [-0.15, -0.1) is 0 Å². The number of aliphatic hydroxyl groups excluding tert-OH is 2. The van der Waals surface area contributed by atoms with E-state index in [2.05, 4.69) is 31.3 Å². The maximum Gasteiger partial charge on any atom is 0.220 e. The summed E-state index contributed by atoms with van der Waals surface area (Å²) < 4.78 is 0. The van der Waals surface area contributed by atoms with Crippen molar-refractivity contribution in [3.63, 3.8) is 0 Å². The molecule has 0 heterocycles. The van der Waals surface area contributed by atoms with Gasteiger partial charge in [0.1, 0.15) is 0 Å². The van der Waals surface area contributed by atoms with E-state index in [0.29, 0.717) is 6.42 Å². The minimum atomic E-state index is -0.838. The number of allylic oxidation sites excluding steroid dienone is 3. The van der Waals surface area contributed by atoms with Gasteiger partial charge >= 0.3 is 0 Å². The van der Waals surface area contributed by atoms with Crippen LogP contribution in [0.2, 0.25) is 0 Å². The Balaban J connectivity index is 3.44. The molecule has 0 saturated heterocycles. The predicted molar refractivity (Wildman–Crippen MR) is 295 cm³/mol. The van der Waals surface area contributed by atoms with Gasteiger partial charge in [-0.25, -0.2) is 0 Å². The van der Waals surface area contributed by atoms with Crippen LogP contribution in [0.3, 0.4) is 0 Å². The summed E-state index contributed by atoms with van der Waals surface area (Å²) in [5.41, 5.74) is 0. The summed E-state index contributed by atoms with van der Waals surface area (Å²) in [7, 11) is 0. The molecule has 1 amide bonds. The lowest BCUT2D eigenvalue weighted by atomic mass is 10.0. The maximum absolute atomic E-state index is 12.5. The summed E-state index contributed by atoms with van der Waals surface area (Å²) in [6.45, 7) is 4.35. The van der Waals surface area contributed by atoms with Crippen LogP contribution in [-0.2, 0) is 4.79 Å². The Morgan fingerprint density at radius 3 is 0.833 bits per heavy atom. The molecular formula is C62H121NO3. The van der Waals surface area contributed by atoms with Crippen molar-refractivity contribution in [2.24, 2.45) is 0 Å². The quantitative estimate of drug-likeness (QED) is 0.0420. The minimum Gasteiger partial charge on any atom is -0.394 e. The number of aliphatic hydroxyl groups is 2. The molecule has 4 heteroatoms. The molecule has 0 aliphatic carbocycles. The number of unbranched alkanes of at least 4 members (excludes halogenated alkanes) is 48. The second-order valence-electron chi connectivity index (χ2n) is 21.1. The number of carbonyl (C=O) groups excluding carboxylic acids is 1. The largest absolute Gasteiger partial charge is 0.394 e. The lowest BCUT2D eigenvalue weighted by Gasteiger charge is -2.20. The van der Waals surface area contributed by atoms with Gasteiger partial charge in [-0.1, -0.05) is 321 Å². The van der Waals surface area contributed by atoms with Gasteiger partial charge in [0.25, 0.3) is 0 Å². The third-order valence-electron chi connectivity index (χ3n) is 14.4. The molecule has 66 heavy (non-hydrogen) atoms. The monoisotopic (exact) mass is 928 g/mol. The maximum atomic E-state index is 12.5. The molecule has 0 spiro atoms. The third-order valence-corrected chi connectivity index (χ3v) is 14.4. The van der Waals surface area contributed by atoms with Crippen molar-refractivity contribution in [2.45, 2.75) is 360 Å². The lowest BCUT2D eigenvalue weighted by molar-refractivity contribution is -0.123. The fourth-order valence-corrected chi connectivity index (χ4v) is 9.77. The minimum absolute atomic E-state index is 0.0570. The molecule has 0 aromatic heterocycles. The standard InChI is InChI=1S/C62H121NO3/c1-3-5-7-9-11-13-15-17-19-21-23-25-27-29-31-33-35-37-39-41-43-45-47-49-51-53-55-57-61(65)60(59-64)63-62(66)58-56-54-52-50-48-46-44-42-40-38-36-34-32-30-28-26-24-22-20-18-16-14-12-10-8-6-4-2/h22,24,55,57,60-61,64-65H,3-21,23,25-54,56,58-59H2,1-2H3,(H,63,66)/b24-22-,57-55+. The van der Waals surface area contributed by atoms with E-state index in [1.807, 2.05) is 6.08 Å². The summed E-state index contributed by atoms with van der Waals surface area (Å²) in [6.07, 6.45) is 77.9. The van der Waals surface area contributed by atoms with E-state index in [1.165, 1.54) is 302 Å². The molecule has 0 radical (unpaired) electrons. The molecule has 3 N–H and O–H groups in total. The summed E-state index contributed by atoms with van der Waals surface area (Å²) in [6, 6.07) is -0.621. The highest BCUT2D eigenvalue weighted by atomic mass is 16.3. The van der Waals surface area contributed by atoms with Crippen LogP contribution in [0, 0.1) is 0 Å². The van der Waals surface area contributed by atoms with Crippen molar-refractivity contribution in [1.82, 2.24) is 5.32 Å². The van der Waals surface area contributed by atoms with Gasteiger partial charge in [0.15, 0.2) is 0 Å². The van der Waals surface area contributed by atoms with Gasteiger partial charge in [0, 0.05) is 6.42 Å². The molecule has 0 saturated carbocycles. The number of hydrogen-bond acceptors (Lipinski definition) is 3. The molecule has 392 valence electrons. The van der Waals surface area contributed by atoms with Crippen molar-refractivity contribution in [3.05, 3.63) is 24.3 Å². The summed E-state index contributed by atoms with van der Waals surface area (Å²) in [5, 5.41) is 23.2. The molecule has 0 aliphatic heterocycles. The second-order valence-corrected chi connectivity index (χ2v) is 21.1. The van der Waals surface area contributed by atoms with Gasteiger partial charge in [0.05, 0.1) is 18.8 Å². The fourth-order valence-electron chi connectivity index (χ4n) is 9.77. The molecule has 0 fully saturated rings. The molecule has 0 aromatic carbocycles. The molecular weight excluding hydrogens is 807 g/mol. The van der Waals surface area contributed by atoms with Crippen molar-refractivity contribution >= 4 is 5.91 Å². The first-order chi connectivity index (χ1) is 32.7. The second kappa shape index (κ2) is 58.2. The Kier molecular flexibility index (Phi) is 57.2. The Morgan fingerprint density at radius 1 is 0.348 bits per heavy atom. The van der Waals surface area contributed by atoms with Crippen LogP contribution < -0.4 is 5.32 Å². The third kappa shape index (κ3) is 53.8. The van der Waals surface area contributed by atoms with Crippen LogP contribution in [0.1, 0.15) is 348 Å². The highest BCUT2D eigenvalue weighted by Crippen LogP contribution is 2.18. The smallest absolute Gasteiger partial charge is 0.220 e. The van der Waals surface area contributed by atoms with E-state index in [-0.39, 0.29) is 12.5 Å². The van der Waals surface area contributed by atoms with Gasteiger partial charge in [-0.05, 0) is 44.9 Å². The van der Waals surface area contributed by atoms with E-state index in [4.69, 9.17) is 0 Å². The Morgan fingerprint density at radius 2 is 0.576 bits per heavy atom. The van der Waals surface area contributed by atoms with Gasteiger partial charge in [-0.3, -0.25) is 4.79 Å². The number of amides is 1. The van der Waals surface area contributed by atoms with Crippen molar-refractivity contribution in [2.75, 3.05) is 6.61 Å². The lowest BCUT2D eigenvalue weighted by Crippen LogP contribution is -2.45. The number of carbonyl (C=O) groups is 1. The Bertz CT molecular complexity index is 963. The van der Waals surface area contributed by atoms with Crippen LogP contribution in [0.25, 0.3) is 0 Å². The van der Waals surface area contributed by atoms with Crippen LogP contribution in [0.4, 0.5) is 0 Å². The summed E-state index contributed by atoms with van der Waals surface area (Å²) in [5.74, 6) is -0.0570. The summed E-state index contributed by atoms with van der Waals surface area (Å²) >= 11 is 0. The van der Waals surface area contributed by atoms with Gasteiger partial charge < -0.3 is 15.5 Å². The van der Waals surface area contributed by atoms with Crippen molar-refractivity contribution in [3.8, 4) is 0 Å². The van der Waals surface area contributed by atoms with E-state index in [0.717, 1.165) is 25.7 Å². The van der Waals surface area contributed by atoms with Crippen molar-refractivity contribution in [1.29, 1.82) is 0 Å². The van der Waals surface area contributed by atoms with Crippen LogP contribution in [-0.4, -0.2) is 34.9 Å².